The maximum Gasteiger partial charge on any atom is 0.311 e. The molecule has 0 aromatic carbocycles. The molecule has 0 amide bonds. The first kappa shape index (κ1) is 13.7. The Labute approximate surface area is 124 Å². The molecule has 0 bridgehead atoms. The second-order valence-electron chi connectivity index (χ2n) is 4.88. The van der Waals surface area contributed by atoms with Crippen LogP contribution in [0.4, 0.5) is 11.4 Å². The van der Waals surface area contributed by atoms with Gasteiger partial charge in [-0.1, -0.05) is 0 Å². The fraction of sp³-hybridized carbons (Fsp3) is 0.583. The van der Waals surface area contributed by atoms with Crippen molar-refractivity contribution < 1.29 is 14.4 Å². The normalized spacial score (nSPS) is 21.4. The average molecular weight is 344 g/mol. The van der Waals surface area contributed by atoms with Crippen LogP contribution in [0.25, 0.3) is 0 Å². The van der Waals surface area contributed by atoms with E-state index in [1.54, 1.807) is 6.20 Å². The molecule has 8 heteroatoms. The van der Waals surface area contributed by atoms with E-state index in [-0.39, 0.29) is 5.69 Å². The summed E-state index contributed by atoms with van der Waals surface area (Å²) in [5.41, 5.74) is 0.539. The Balaban J connectivity index is 1.94. The highest BCUT2D eigenvalue weighted by Crippen LogP contribution is 2.39. The SMILES string of the molecule is O=[N+]([O-])c1cncc(Br)c1N1CCCC2(C1)OCCO2. The van der Waals surface area contributed by atoms with Crippen molar-refractivity contribution in [3.8, 4) is 0 Å². The van der Waals surface area contributed by atoms with E-state index in [9.17, 15) is 10.1 Å². The Morgan fingerprint density at radius 3 is 2.85 bits per heavy atom. The second kappa shape index (κ2) is 5.27. The van der Waals surface area contributed by atoms with Gasteiger partial charge >= 0.3 is 5.69 Å². The summed E-state index contributed by atoms with van der Waals surface area (Å²) in [6.07, 6.45) is 4.53. The molecule has 20 heavy (non-hydrogen) atoms. The van der Waals surface area contributed by atoms with Crippen LogP contribution in [0.15, 0.2) is 16.9 Å². The highest BCUT2D eigenvalue weighted by Gasteiger charge is 2.42. The van der Waals surface area contributed by atoms with Crippen molar-refractivity contribution in [2.75, 3.05) is 31.2 Å². The molecule has 0 saturated carbocycles. The molecule has 0 aliphatic carbocycles. The zero-order valence-electron chi connectivity index (χ0n) is 10.7. The quantitative estimate of drug-likeness (QED) is 0.604. The standard InChI is InChI=1S/C12H14BrN3O4/c13-9-6-14-7-10(16(17)18)11(9)15-3-1-2-12(8-15)19-4-5-20-12/h6-7H,1-5,8H2. The Bertz CT molecular complexity index is 533. The van der Waals surface area contributed by atoms with Gasteiger partial charge in [0.1, 0.15) is 11.9 Å². The van der Waals surface area contributed by atoms with E-state index in [2.05, 4.69) is 20.9 Å². The van der Waals surface area contributed by atoms with Crippen LogP contribution in [0.5, 0.6) is 0 Å². The minimum atomic E-state index is -0.616. The number of pyridine rings is 1. The summed E-state index contributed by atoms with van der Waals surface area (Å²) in [6, 6.07) is 0. The third-order valence-corrected chi connectivity index (χ3v) is 4.18. The van der Waals surface area contributed by atoms with Gasteiger partial charge in [0.05, 0.1) is 29.2 Å². The van der Waals surface area contributed by atoms with E-state index in [0.29, 0.717) is 29.9 Å². The molecule has 1 aromatic rings. The minimum absolute atomic E-state index is 0.00516. The topological polar surface area (TPSA) is 77.7 Å². The maximum absolute atomic E-state index is 11.2. The van der Waals surface area contributed by atoms with Crippen LogP contribution in [-0.4, -0.2) is 42.0 Å². The van der Waals surface area contributed by atoms with E-state index >= 15 is 0 Å². The monoisotopic (exact) mass is 343 g/mol. The summed E-state index contributed by atoms with van der Waals surface area (Å²) in [4.78, 5) is 16.6. The molecular formula is C12H14BrN3O4. The van der Waals surface area contributed by atoms with Gasteiger partial charge in [-0.15, -0.1) is 0 Å². The molecule has 2 saturated heterocycles. The first-order chi connectivity index (χ1) is 9.61. The summed E-state index contributed by atoms with van der Waals surface area (Å²) >= 11 is 3.36. The lowest BCUT2D eigenvalue weighted by atomic mass is 10.0. The van der Waals surface area contributed by atoms with Crippen molar-refractivity contribution >= 4 is 27.3 Å². The molecule has 3 heterocycles. The Morgan fingerprint density at radius 2 is 2.15 bits per heavy atom. The first-order valence-electron chi connectivity index (χ1n) is 6.42. The molecule has 0 unspecified atom stereocenters. The van der Waals surface area contributed by atoms with Crippen molar-refractivity contribution in [1.29, 1.82) is 0 Å². The van der Waals surface area contributed by atoms with Gasteiger partial charge in [-0.05, 0) is 22.4 Å². The lowest BCUT2D eigenvalue weighted by Gasteiger charge is -2.39. The number of nitrogens with zero attached hydrogens (tertiary/aromatic N) is 3. The van der Waals surface area contributed by atoms with E-state index < -0.39 is 10.7 Å². The highest BCUT2D eigenvalue weighted by atomic mass is 79.9. The molecule has 0 N–H and O–H groups in total. The Morgan fingerprint density at radius 1 is 1.40 bits per heavy atom. The van der Waals surface area contributed by atoms with Crippen LogP contribution < -0.4 is 4.90 Å². The number of halogens is 1. The van der Waals surface area contributed by atoms with Crippen molar-refractivity contribution in [3.63, 3.8) is 0 Å². The van der Waals surface area contributed by atoms with Gasteiger partial charge < -0.3 is 14.4 Å². The molecule has 0 radical (unpaired) electrons. The van der Waals surface area contributed by atoms with Gasteiger partial charge in [-0.2, -0.15) is 0 Å². The van der Waals surface area contributed by atoms with Crippen LogP contribution in [0.3, 0.4) is 0 Å². The summed E-state index contributed by atoms with van der Waals surface area (Å²) in [5, 5.41) is 11.2. The third-order valence-electron chi connectivity index (χ3n) is 3.60. The predicted octanol–water partition coefficient (Wildman–Crippen LogP) is 2.10. The van der Waals surface area contributed by atoms with E-state index in [0.717, 1.165) is 19.4 Å². The van der Waals surface area contributed by atoms with Gasteiger partial charge in [0.25, 0.3) is 0 Å². The third kappa shape index (κ3) is 2.38. The predicted molar refractivity (Wildman–Crippen MR) is 74.7 cm³/mol. The van der Waals surface area contributed by atoms with Crippen LogP contribution in [0.1, 0.15) is 12.8 Å². The number of ether oxygens (including phenoxy) is 2. The van der Waals surface area contributed by atoms with E-state index in [1.807, 2.05) is 4.90 Å². The molecule has 3 rings (SSSR count). The minimum Gasteiger partial charge on any atom is -0.360 e. The van der Waals surface area contributed by atoms with Gasteiger partial charge in [-0.3, -0.25) is 15.1 Å². The van der Waals surface area contributed by atoms with Gasteiger partial charge in [0.15, 0.2) is 5.79 Å². The summed E-state index contributed by atoms with van der Waals surface area (Å²) in [6.45, 7) is 2.38. The molecular weight excluding hydrogens is 330 g/mol. The molecule has 2 aliphatic heterocycles. The largest absolute Gasteiger partial charge is 0.360 e. The zero-order chi connectivity index (χ0) is 14.2. The molecule has 7 nitrogen and oxygen atoms in total. The van der Waals surface area contributed by atoms with Crippen LogP contribution >= 0.6 is 15.9 Å². The second-order valence-corrected chi connectivity index (χ2v) is 5.73. The Kier molecular flexibility index (Phi) is 3.61. The molecule has 0 atom stereocenters. The summed E-state index contributed by atoms with van der Waals surface area (Å²) in [7, 11) is 0. The molecule has 2 fully saturated rings. The number of nitro groups is 1. The number of hydrogen-bond acceptors (Lipinski definition) is 6. The number of aromatic nitrogens is 1. The van der Waals surface area contributed by atoms with Crippen LogP contribution in [0.2, 0.25) is 0 Å². The number of anilines is 1. The lowest BCUT2D eigenvalue weighted by Crippen LogP contribution is -2.49. The van der Waals surface area contributed by atoms with Gasteiger partial charge in [0, 0.05) is 19.2 Å². The van der Waals surface area contributed by atoms with E-state index in [1.165, 1.54) is 6.20 Å². The Hall–Kier alpha value is -1.25. The van der Waals surface area contributed by atoms with Crippen molar-refractivity contribution in [2.24, 2.45) is 0 Å². The maximum atomic E-state index is 11.2. The van der Waals surface area contributed by atoms with Gasteiger partial charge in [-0.25, -0.2) is 0 Å². The zero-order valence-corrected chi connectivity index (χ0v) is 12.3. The van der Waals surface area contributed by atoms with Crippen molar-refractivity contribution in [3.05, 3.63) is 27.0 Å². The van der Waals surface area contributed by atoms with E-state index in [4.69, 9.17) is 9.47 Å². The van der Waals surface area contributed by atoms with Crippen molar-refractivity contribution in [2.45, 2.75) is 18.6 Å². The van der Waals surface area contributed by atoms with Crippen LogP contribution in [-0.2, 0) is 9.47 Å². The molecule has 1 spiro atoms. The smallest absolute Gasteiger partial charge is 0.311 e. The lowest BCUT2D eigenvalue weighted by molar-refractivity contribution is -0.384. The molecule has 1 aromatic heterocycles. The van der Waals surface area contributed by atoms with Crippen LogP contribution in [0, 0.1) is 10.1 Å². The number of rotatable bonds is 2. The fourth-order valence-electron chi connectivity index (χ4n) is 2.78. The average Bonchev–Trinajstić information content (AvgIpc) is 2.86. The summed E-state index contributed by atoms with van der Waals surface area (Å²) in [5.74, 6) is -0.616. The molecule has 108 valence electrons. The highest BCUT2D eigenvalue weighted by molar-refractivity contribution is 9.10. The number of piperidine rings is 1. The van der Waals surface area contributed by atoms with Crippen molar-refractivity contribution in [1.82, 2.24) is 4.98 Å². The van der Waals surface area contributed by atoms with Gasteiger partial charge in [0.2, 0.25) is 0 Å². The fourth-order valence-corrected chi connectivity index (χ4v) is 3.35. The molecule has 2 aliphatic rings. The first-order valence-corrected chi connectivity index (χ1v) is 7.21. The summed E-state index contributed by atoms with van der Waals surface area (Å²) < 4.78 is 12.0. The number of hydrogen-bond donors (Lipinski definition) is 0.